The molecule has 0 saturated carbocycles. The third-order valence-electron chi connectivity index (χ3n) is 5.82. The van der Waals surface area contributed by atoms with Crippen molar-refractivity contribution in [1.29, 1.82) is 0 Å². The minimum absolute atomic E-state index is 0.154. The van der Waals surface area contributed by atoms with Crippen molar-refractivity contribution in [2.45, 2.75) is 20.3 Å². The Morgan fingerprint density at radius 2 is 1.91 bits per heavy atom. The van der Waals surface area contributed by atoms with Gasteiger partial charge in [-0.15, -0.1) is 0 Å². The SMILES string of the molecule is CC1=Cc2c(ccc(Oc3ncnc(Nc4ccc(N5CCNCC5)cn4)c3C)c2F)C1. The first kappa shape index (κ1) is 20.4. The highest BCUT2D eigenvalue weighted by Crippen LogP contribution is 2.35. The van der Waals surface area contributed by atoms with Crippen LogP contribution in [0.25, 0.3) is 6.08 Å². The molecule has 1 aliphatic carbocycles. The molecule has 1 fully saturated rings. The Labute approximate surface area is 186 Å². The second kappa shape index (κ2) is 8.55. The summed E-state index contributed by atoms with van der Waals surface area (Å²) in [6.45, 7) is 7.72. The van der Waals surface area contributed by atoms with Gasteiger partial charge in [-0.1, -0.05) is 17.7 Å². The molecule has 0 radical (unpaired) electrons. The number of ether oxygens (including phenoxy) is 1. The van der Waals surface area contributed by atoms with Crippen LogP contribution in [0.3, 0.4) is 0 Å². The van der Waals surface area contributed by atoms with Gasteiger partial charge in [0, 0.05) is 31.7 Å². The van der Waals surface area contributed by atoms with Gasteiger partial charge in [0.25, 0.3) is 0 Å². The molecular weight excluding hydrogens is 407 g/mol. The van der Waals surface area contributed by atoms with Crippen molar-refractivity contribution in [3.63, 3.8) is 0 Å². The van der Waals surface area contributed by atoms with E-state index in [1.807, 2.05) is 44.3 Å². The van der Waals surface area contributed by atoms with Crippen LogP contribution in [0.4, 0.5) is 21.7 Å². The summed E-state index contributed by atoms with van der Waals surface area (Å²) >= 11 is 0. The fraction of sp³-hybridized carbons (Fsp3) is 0.292. The van der Waals surface area contributed by atoms with E-state index in [0.717, 1.165) is 49.4 Å². The summed E-state index contributed by atoms with van der Waals surface area (Å²) < 4.78 is 20.8. The smallest absolute Gasteiger partial charge is 0.227 e. The Kier molecular flexibility index (Phi) is 5.45. The lowest BCUT2D eigenvalue weighted by Crippen LogP contribution is -2.43. The van der Waals surface area contributed by atoms with Gasteiger partial charge in [0.1, 0.15) is 18.0 Å². The molecule has 7 nitrogen and oxygen atoms in total. The number of rotatable bonds is 5. The molecule has 0 atom stereocenters. The van der Waals surface area contributed by atoms with Crippen LogP contribution in [-0.2, 0) is 6.42 Å². The molecule has 2 N–H and O–H groups in total. The second-order valence-electron chi connectivity index (χ2n) is 8.14. The van der Waals surface area contributed by atoms with Crippen LogP contribution < -0.4 is 20.3 Å². The number of allylic oxidation sites excluding steroid dienone is 1. The number of nitrogens with zero attached hydrogens (tertiary/aromatic N) is 4. The Hall–Kier alpha value is -3.52. The van der Waals surface area contributed by atoms with E-state index in [1.54, 1.807) is 6.07 Å². The van der Waals surface area contributed by atoms with Gasteiger partial charge >= 0.3 is 0 Å². The lowest BCUT2D eigenvalue weighted by atomic mass is 10.1. The van der Waals surface area contributed by atoms with Crippen molar-refractivity contribution < 1.29 is 9.13 Å². The van der Waals surface area contributed by atoms with Crippen molar-refractivity contribution in [2.24, 2.45) is 0 Å². The molecule has 0 amide bonds. The van der Waals surface area contributed by atoms with Gasteiger partial charge in [-0.3, -0.25) is 0 Å². The van der Waals surface area contributed by atoms with E-state index in [0.29, 0.717) is 28.6 Å². The number of halogens is 1. The minimum atomic E-state index is -0.364. The zero-order chi connectivity index (χ0) is 22.1. The number of benzene rings is 1. The maximum absolute atomic E-state index is 15.0. The molecule has 2 aliphatic rings. The molecule has 0 bridgehead atoms. The summed E-state index contributed by atoms with van der Waals surface area (Å²) in [5.74, 6) is 1.33. The van der Waals surface area contributed by atoms with Crippen molar-refractivity contribution in [3.8, 4) is 11.6 Å². The number of hydrogen-bond donors (Lipinski definition) is 2. The third kappa shape index (κ3) is 4.01. The van der Waals surface area contributed by atoms with Crippen molar-refractivity contribution in [3.05, 3.63) is 64.9 Å². The van der Waals surface area contributed by atoms with E-state index in [9.17, 15) is 4.39 Å². The van der Waals surface area contributed by atoms with Gasteiger partial charge in [0.2, 0.25) is 5.88 Å². The molecule has 1 saturated heterocycles. The third-order valence-corrected chi connectivity index (χ3v) is 5.82. The maximum Gasteiger partial charge on any atom is 0.227 e. The fourth-order valence-electron chi connectivity index (χ4n) is 4.06. The Morgan fingerprint density at radius 3 is 2.69 bits per heavy atom. The number of pyridine rings is 1. The molecule has 8 heteroatoms. The molecule has 0 unspecified atom stereocenters. The number of nitrogens with one attached hydrogen (secondary N) is 2. The first-order valence-electron chi connectivity index (χ1n) is 10.8. The quantitative estimate of drug-likeness (QED) is 0.625. The van der Waals surface area contributed by atoms with Crippen LogP contribution >= 0.6 is 0 Å². The van der Waals surface area contributed by atoms with Crippen molar-refractivity contribution in [1.82, 2.24) is 20.3 Å². The number of anilines is 3. The average molecular weight is 433 g/mol. The maximum atomic E-state index is 15.0. The summed E-state index contributed by atoms with van der Waals surface area (Å²) in [6, 6.07) is 7.53. The normalized spacial score (nSPS) is 15.3. The van der Waals surface area contributed by atoms with Gasteiger partial charge < -0.3 is 20.3 Å². The zero-order valence-electron chi connectivity index (χ0n) is 18.2. The summed E-state index contributed by atoms with van der Waals surface area (Å²) in [4.78, 5) is 15.4. The van der Waals surface area contributed by atoms with Crippen LogP contribution in [0.2, 0.25) is 0 Å². The van der Waals surface area contributed by atoms with Crippen LogP contribution in [-0.4, -0.2) is 41.1 Å². The topological polar surface area (TPSA) is 75.2 Å². The molecule has 3 heterocycles. The monoisotopic (exact) mass is 432 g/mol. The van der Waals surface area contributed by atoms with Gasteiger partial charge in [0.15, 0.2) is 11.6 Å². The standard InChI is InChI=1S/C24H25FN6O/c1-15-11-17-3-5-20(22(25)19(17)12-15)32-24-16(2)23(28-14-29-24)30-21-6-4-18(13-27-21)31-9-7-26-8-10-31/h3-6,12-14,26H,7-11H2,1-2H3,(H,27,28,29,30). The molecule has 1 aliphatic heterocycles. The second-order valence-corrected chi connectivity index (χ2v) is 8.14. The molecule has 1 aromatic carbocycles. The minimum Gasteiger partial charge on any atom is -0.435 e. The highest BCUT2D eigenvalue weighted by Gasteiger charge is 2.20. The Balaban J connectivity index is 1.34. The first-order valence-corrected chi connectivity index (χ1v) is 10.8. The lowest BCUT2D eigenvalue weighted by molar-refractivity contribution is 0.423. The van der Waals surface area contributed by atoms with E-state index in [2.05, 4.69) is 30.5 Å². The molecule has 2 aromatic heterocycles. The summed E-state index contributed by atoms with van der Waals surface area (Å²) in [6.07, 6.45) is 5.90. The van der Waals surface area contributed by atoms with E-state index in [1.165, 1.54) is 6.33 Å². The predicted octanol–water partition coefficient (Wildman–Crippen LogP) is 4.22. The average Bonchev–Trinajstić information content (AvgIpc) is 3.20. The van der Waals surface area contributed by atoms with E-state index in [4.69, 9.17) is 4.74 Å². The molecule has 3 aromatic rings. The first-order chi connectivity index (χ1) is 15.6. The van der Waals surface area contributed by atoms with Crippen LogP contribution in [0.1, 0.15) is 23.6 Å². The van der Waals surface area contributed by atoms with Gasteiger partial charge in [-0.25, -0.2) is 19.3 Å². The number of fused-ring (bicyclic) bond motifs is 1. The summed E-state index contributed by atoms with van der Waals surface area (Å²) in [5, 5.41) is 6.56. The Morgan fingerprint density at radius 1 is 1.06 bits per heavy atom. The highest BCUT2D eigenvalue weighted by atomic mass is 19.1. The fourth-order valence-corrected chi connectivity index (χ4v) is 4.06. The van der Waals surface area contributed by atoms with Gasteiger partial charge in [-0.05, 0) is 44.0 Å². The zero-order valence-corrected chi connectivity index (χ0v) is 18.2. The Bertz CT molecular complexity index is 1170. The van der Waals surface area contributed by atoms with E-state index in [-0.39, 0.29) is 11.6 Å². The number of piperazine rings is 1. The predicted molar refractivity (Wildman–Crippen MR) is 123 cm³/mol. The van der Waals surface area contributed by atoms with Crippen LogP contribution in [0, 0.1) is 12.7 Å². The number of hydrogen-bond acceptors (Lipinski definition) is 7. The largest absolute Gasteiger partial charge is 0.435 e. The van der Waals surface area contributed by atoms with Crippen molar-refractivity contribution in [2.75, 3.05) is 36.4 Å². The molecule has 0 spiro atoms. The van der Waals surface area contributed by atoms with E-state index >= 15 is 0 Å². The molecular formula is C24H25FN6O. The lowest BCUT2D eigenvalue weighted by Gasteiger charge is -2.29. The van der Waals surface area contributed by atoms with Crippen LogP contribution in [0.15, 0.2) is 42.4 Å². The highest BCUT2D eigenvalue weighted by molar-refractivity contribution is 5.66. The molecule has 5 rings (SSSR count). The van der Waals surface area contributed by atoms with E-state index < -0.39 is 0 Å². The van der Waals surface area contributed by atoms with Crippen molar-refractivity contribution >= 4 is 23.4 Å². The van der Waals surface area contributed by atoms with Gasteiger partial charge in [0.05, 0.1) is 17.4 Å². The summed E-state index contributed by atoms with van der Waals surface area (Å²) in [5.41, 5.74) is 4.48. The number of aromatic nitrogens is 3. The van der Waals surface area contributed by atoms with Crippen LogP contribution in [0.5, 0.6) is 11.6 Å². The molecule has 164 valence electrons. The molecule has 32 heavy (non-hydrogen) atoms. The summed E-state index contributed by atoms with van der Waals surface area (Å²) in [7, 11) is 0. The van der Waals surface area contributed by atoms with Gasteiger partial charge in [-0.2, -0.15) is 0 Å².